The smallest absolute Gasteiger partial charge is 0.355 e. The molecule has 0 radical (unpaired) electrons. The molecule has 0 saturated carbocycles. The van der Waals surface area contributed by atoms with Crippen LogP contribution >= 0.6 is 11.6 Å². The minimum atomic E-state index is -1.24. The van der Waals surface area contributed by atoms with Crippen molar-refractivity contribution in [3.8, 4) is 11.5 Å². The Kier molecular flexibility index (Phi) is 5.53. The van der Waals surface area contributed by atoms with Crippen molar-refractivity contribution in [3.05, 3.63) is 95.1 Å². The zero-order valence-electron chi connectivity index (χ0n) is 17.0. The average Bonchev–Trinajstić information content (AvgIpc) is 3.24. The molecule has 0 aliphatic carbocycles. The van der Waals surface area contributed by atoms with Crippen molar-refractivity contribution in [2.24, 2.45) is 0 Å². The first-order valence-corrected chi connectivity index (χ1v) is 10.1. The fourth-order valence-corrected chi connectivity index (χ4v) is 3.27. The van der Waals surface area contributed by atoms with Gasteiger partial charge >= 0.3 is 5.97 Å². The second kappa shape index (κ2) is 8.28. The highest BCUT2D eigenvalue weighted by atomic mass is 35.5. The predicted octanol–water partition coefficient (Wildman–Crippen LogP) is 5.82. The normalized spacial score (nSPS) is 11.3. The number of hydrogen-bond acceptors (Lipinski definition) is 4. The maximum Gasteiger partial charge on any atom is 0.355 e. The number of esters is 1. The van der Waals surface area contributed by atoms with Gasteiger partial charge in [-0.3, -0.25) is 4.79 Å². The number of nitrogens with one attached hydrogen (secondary N) is 1. The summed E-state index contributed by atoms with van der Waals surface area (Å²) in [5.41, 5.74) is 0.695. The number of rotatable bonds is 6. The van der Waals surface area contributed by atoms with Crippen LogP contribution in [0.1, 0.15) is 29.8 Å². The Labute approximate surface area is 184 Å². The Morgan fingerprint density at radius 1 is 0.871 bits per heavy atom. The van der Waals surface area contributed by atoms with Crippen LogP contribution in [0.2, 0.25) is 5.02 Å². The van der Waals surface area contributed by atoms with Gasteiger partial charge in [0.15, 0.2) is 5.78 Å². The van der Waals surface area contributed by atoms with Crippen LogP contribution in [0.3, 0.4) is 0 Å². The van der Waals surface area contributed by atoms with E-state index >= 15 is 0 Å². The van der Waals surface area contributed by atoms with Gasteiger partial charge in [0.2, 0.25) is 5.60 Å². The van der Waals surface area contributed by atoms with Gasteiger partial charge in [-0.2, -0.15) is 0 Å². The van der Waals surface area contributed by atoms with Crippen molar-refractivity contribution >= 4 is 34.3 Å². The maximum absolute atomic E-state index is 12.8. The first-order chi connectivity index (χ1) is 14.8. The second-order valence-electron chi connectivity index (χ2n) is 7.56. The minimum absolute atomic E-state index is 0.124. The monoisotopic (exact) mass is 433 g/mol. The van der Waals surface area contributed by atoms with Crippen molar-refractivity contribution in [2.75, 3.05) is 0 Å². The molecule has 0 saturated heterocycles. The van der Waals surface area contributed by atoms with Gasteiger partial charge in [-0.05, 0) is 80.6 Å². The molecule has 0 amide bonds. The number of hydrogen-bond donors (Lipinski definition) is 1. The number of halogens is 1. The van der Waals surface area contributed by atoms with Crippen molar-refractivity contribution in [1.29, 1.82) is 0 Å². The summed E-state index contributed by atoms with van der Waals surface area (Å²) in [6, 6.07) is 20.6. The van der Waals surface area contributed by atoms with Gasteiger partial charge in [-0.25, -0.2) is 4.79 Å². The van der Waals surface area contributed by atoms with Crippen molar-refractivity contribution in [1.82, 2.24) is 4.98 Å². The average molecular weight is 434 g/mol. The highest BCUT2D eigenvalue weighted by molar-refractivity contribution is 6.30. The molecule has 156 valence electrons. The first kappa shape index (κ1) is 20.7. The molecule has 0 aliphatic rings. The number of ketones is 1. The number of carbonyl (C=O) groups excluding carboxylic acids is 2. The third kappa shape index (κ3) is 4.47. The van der Waals surface area contributed by atoms with Gasteiger partial charge in [-0.1, -0.05) is 17.7 Å². The van der Waals surface area contributed by atoms with Crippen LogP contribution in [0.25, 0.3) is 10.9 Å². The molecule has 4 aromatic rings. The Morgan fingerprint density at radius 3 is 2.19 bits per heavy atom. The van der Waals surface area contributed by atoms with Crippen LogP contribution in [0.15, 0.2) is 79.0 Å². The van der Waals surface area contributed by atoms with Crippen molar-refractivity contribution in [3.63, 3.8) is 0 Å². The van der Waals surface area contributed by atoms with Gasteiger partial charge in [0.1, 0.15) is 11.5 Å². The summed E-state index contributed by atoms with van der Waals surface area (Å²) >= 11 is 5.88. The number of aromatic nitrogens is 1. The summed E-state index contributed by atoms with van der Waals surface area (Å²) in [6.07, 6.45) is 1.79. The Morgan fingerprint density at radius 2 is 1.52 bits per heavy atom. The molecule has 0 aliphatic heterocycles. The van der Waals surface area contributed by atoms with E-state index < -0.39 is 11.6 Å². The molecular formula is C25H20ClNO4. The van der Waals surface area contributed by atoms with E-state index in [9.17, 15) is 9.59 Å². The number of fused-ring (bicyclic) bond motifs is 1. The minimum Gasteiger partial charge on any atom is -0.476 e. The number of benzene rings is 3. The predicted molar refractivity (Wildman–Crippen MR) is 120 cm³/mol. The van der Waals surface area contributed by atoms with Crippen LogP contribution in [-0.2, 0) is 4.79 Å². The van der Waals surface area contributed by atoms with E-state index in [0.29, 0.717) is 27.6 Å². The molecule has 0 bridgehead atoms. The lowest BCUT2D eigenvalue weighted by Crippen LogP contribution is -2.41. The van der Waals surface area contributed by atoms with Gasteiger partial charge in [0, 0.05) is 33.2 Å². The maximum atomic E-state index is 12.8. The summed E-state index contributed by atoms with van der Waals surface area (Å²) in [5, 5.41) is 1.39. The zero-order chi connectivity index (χ0) is 22.0. The first-order valence-electron chi connectivity index (χ1n) is 9.71. The Balaban J connectivity index is 1.46. The van der Waals surface area contributed by atoms with Gasteiger partial charge in [0.05, 0.1) is 0 Å². The van der Waals surface area contributed by atoms with Crippen LogP contribution in [0.4, 0.5) is 0 Å². The van der Waals surface area contributed by atoms with Crippen molar-refractivity contribution in [2.45, 2.75) is 19.4 Å². The van der Waals surface area contributed by atoms with E-state index in [-0.39, 0.29) is 5.78 Å². The third-order valence-electron chi connectivity index (χ3n) is 4.85. The SMILES string of the molecule is CC(C)(Oc1ccc(C(=O)c2ccc(Cl)cc2)cc1)C(=O)Oc1cccc2[nH]ccc12. The van der Waals surface area contributed by atoms with E-state index in [1.807, 2.05) is 18.2 Å². The highest BCUT2D eigenvalue weighted by Gasteiger charge is 2.33. The fourth-order valence-electron chi connectivity index (χ4n) is 3.15. The summed E-state index contributed by atoms with van der Waals surface area (Å²) in [7, 11) is 0. The Bertz CT molecular complexity index is 1240. The standard InChI is InChI=1S/C25H20ClNO4/c1-25(2,24(29)30-22-5-3-4-21-20(22)14-15-27-21)31-19-12-8-17(9-13-19)23(28)16-6-10-18(26)11-7-16/h3-15,27H,1-2H3. The van der Waals surface area contributed by atoms with E-state index in [1.54, 1.807) is 74.6 Å². The molecule has 0 fully saturated rings. The molecule has 31 heavy (non-hydrogen) atoms. The van der Waals surface area contributed by atoms with E-state index in [2.05, 4.69) is 4.98 Å². The molecule has 0 unspecified atom stereocenters. The largest absolute Gasteiger partial charge is 0.476 e. The van der Waals surface area contributed by atoms with Crippen LogP contribution < -0.4 is 9.47 Å². The molecule has 1 aromatic heterocycles. The molecule has 4 rings (SSSR count). The van der Waals surface area contributed by atoms with Crippen LogP contribution in [0.5, 0.6) is 11.5 Å². The highest BCUT2D eigenvalue weighted by Crippen LogP contribution is 2.27. The molecule has 1 heterocycles. The lowest BCUT2D eigenvalue weighted by molar-refractivity contribution is -0.149. The van der Waals surface area contributed by atoms with E-state index in [4.69, 9.17) is 21.1 Å². The molecule has 1 N–H and O–H groups in total. The number of aromatic amines is 1. The molecular weight excluding hydrogens is 414 g/mol. The van der Waals surface area contributed by atoms with Crippen molar-refractivity contribution < 1.29 is 19.1 Å². The number of carbonyl (C=O) groups is 2. The Hall–Kier alpha value is -3.57. The van der Waals surface area contributed by atoms with Crippen LogP contribution in [0, 0.1) is 0 Å². The second-order valence-corrected chi connectivity index (χ2v) is 7.99. The van der Waals surface area contributed by atoms with Crippen LogP contribution in [-0.4, -0.2) is 22.3 Å². The summed E-state index contributed by atoms with van der Waals surface area (Å²) in [5.74, 6) is 0.266. The van der Waals surface area contributed by atoms with E-state index in [0.717, 1.165) is 10.9 Å². The molecule has 6 heteroatoms. The molecule has 5 nitrogen and oxygen atoms in total. The summed E-state index contributed by atoms with van der Waals surface area (Å²) in [4.78, 5) is 28.4. The lowest BCUT2D eigenvalue weighted by atomic mass is 10.0. The summed E-state index contributed by atoms with van der Waals surface area (Å²) < 4.78 is 11.5. The summed E-state index contributed by atoms with van der Waals surface area (Å²) in [6.45, 7) is 3.28. The molecule has 0 atom stereocenters. The van der Waals surface area contributed by atoms with Gasteiger partial charge in [-0.15, -0.1) is 0 Å². The molecule has 0 spiro atoms. The number of ether oxygens (including phenoxy) is 2. The van der Waals surface area contributed by atoms with E-state index in [1.165, 1.54) is 0 Å². The zero-order valence-corrected chi connectivity index (χ0v) is 17.8. The van der Waals surface area contributed by atoms with Gasteiger partial charge in [0.25, 0.3) is 0 Å². The van der Waals surface area contributed by atoms with Gasteiger partial charge < -0.3 is 14.5 Å². The lowest BCUT2D eigenvalue weighted by Gasteiger charge is -2.24. The molecule has 3 aromatic carbocycles. The third-order valence-corrected chi connectivity index (χ3v) is 5.10. The fraction of sp³-hybridized carbons (Fsp3) is 0.120. The number of H-pyrrole nitrogens is 1. The topological polar surface area (TPSA) is 68.4 Å². The quantitative estimate of drug-likeness (QED) is 0.236.